The van der Waals surface area contributed by atoms with E-state index in [1.165, 1.54) is 24.3 Å². The van der Waals surface area contributed by atoms with Crippen LogP contribution in [-0.2, 0) is 0 Å². The van der Waals surface area contributed by atoms with Crippen LogP contribution in [0.5, 0.6) is 0 Å². The molecular formula is C20H19FN6O. The third-order valence-electron chi connectivity index (χ3n) is 4.55. The van der Waals surface area contributed by atoms with E-state index in [1.807, 2.05) is 30.3 Å². The molecule has 0 radical (unpaired) electrons. The van der Waals surface area contributed by atoms with E-state index >= 15 is 0 Å². The van der Waals surface area contributed by atoms with Gasteiger partial charge in [-0.05, 0) is 48.5 Å². The summed E-state index contributed by atoms with van der Waals surface area (Å²) in [6.45, 7) is 2.47. The Bertz CT molecular complexity index is 925. The predicted molar refractivity (Wildman–Crippen MR) is 104 cm³/mol. The molecule has 8 heteroatoms. The molecule has 1 fully saturated rings. The molecule has 0 atom stereocenters. The summed E-state index contributed by atoms with van der Waals surface area (Å²) >= 11 is 0. The van der Waals surface area contributed by atoms with Crippen molar-refractivity contribution in [3.8, 4) is 0 Å². The summed E-state index contributed by atoms with van der Waals surface area (Å²) in [4.78, 5) is 20.6. The molecule has 1 aliphatic rings. The van der Waals surface area contributed by atoms with Gasteiger partial charge < -0.3 is 15.1 Å². The number of nitrogens with one attached hydrogen (secondary N) is 1. The van der Waals surface area contributed by atoms with Crippen molar-refractivity contribution < 1.29 is 9.18 Å². The maximum atomic E-state index is 13.0. The lowest BCUT2D eigenvalue weighted by Crippen LogP contribution is -2.49. The Hall–Kier alpha value is -3.55. The molecule has 28 heavy (non-hydrogen) atoms. The quantitative estimate of drug-likeness (QED) is 0.753. The minimum Gasteiger partial charge on any atom is -0.352 e. The molecule has 4 rings (SSSR count). The molecule has 7 nitrogen and oxygen atoms in total. The van der Waals surface area contributed by atoms with Crippen molar-refractivity contribution in [1.82, 2.24) is 20.1 Å². The summed E-state index contributed by atoms with van der Waals surface area (Å²) in [7, 11) is 0. The van der Waals surface area contributed by atoms with Crippen molar-refractivity contribution in [1.29, 1.82) is 0 Å². The van der Waals surface area contributed by atoms with E-state index in [1.54, 1.807) is 11.1 Å². The van der Waals surface area contributed by atoms with Crippen LogP contribution >= 0.6 is 0 Å². The van der Waals surface area contributed by atoms with Crippen LogP contribution in [0.1, 0.15) is 10.4 Å². The van der Waals surface area contributed by atoms with Crippen LogP contribution in [-0.4, -0.2) is 52.2 Å². The minimum absolute atomic E-state index is 0.0827. The van der Waals surface area contributed by atoms with E-state index in [4.69, 9.17) is 0 Å². The van der Waals surface area contributed by atoms with Gasteiger partial charge in [0.25, 0.3) is 5.91 Å². The van der Waals surface area contributed by atoms with E-state index in [0.717, 1.165) is 5.82 Å². The van der Waals surface area contributed by atoms with Crippen LogP contribution in [0.2, 0.25) is 0 Å². The fourth-order valence-corrected chi connectivity index (χ4v) is 3.04. The first-order valence-electron chi connectivity index (χ1n) is 9.00. The van der Waals surface area contributed by atoms with Gasteiger partial charge >= 0.3 is 0 Å². The van der Waals surface area contributed by atoms with E-state index < -0.39 is 0 Å². The second-order valence-electron chi connectivity index (χ2n) is 6.40. The van der Waals surface area contributed by atoms with Crippen molar-refractivity contribution in [3.05, 3.63) is 72.2 Å². The lowest BCUT2D eigenvalue weighted by Gasteiger charge is -2.35. The first-order chi connectivity index (χ1) is 13.7. The zero-order valence-electron chi connectivity index (χ0n) is 15.1. The summed E-state index contributed by atoms with van der Waals surface area (Å²) in [6, 6.07) is 15.0. The highest BCUT2D eigenvalue weighted by Crippen LogP contribution is 2.17. The van der Waals surface area contributed by atoms with Gasteiger partial charge in [0.05, 0.1) is 0 Å². The van der Waals surface area contributed by atoms with Gasteiger partial charge in [0.15, 0.2) is 11.6 Å². The van der Waals surface area contributed by atoms with Gasteiger partial charge in [-0.15, -0.1) is 10.2 Å². The number of hydrogen-bond donors (Lipinski definition) is 1. The Morgan fingerprint density at radius 3 is 2.32 bits per heavy atom. The fourth-order valence-electron chi connectivity index (χ4n) is 3.04. The number of aromatic nitrogens is 3. The largest absolute Gasteiger partial charge is 0.352 e. The summed E-state index contributed by atoms with van der Waals surface area (Å²) in [5, 5.41) is 11.6. The maximum Gasteiger partial charge on any atom is 0.253 e. The maximum absolute atomic E-state index is 13.0. The molecule has 1 aromatic carbocycles. The van der Waals surface area contributed by atoms with Crippen LogP contribution < -0.4 is 10.2 Å². The molecule has 0 bridgehead atoms. The highest BCUT2D eigenvalue weighted by atomic mass is 19.1. The standard InChI is InChI=1S/C20H19FN6O/c21-16-6-4-15(5-7-16)20(28)27-13-11-26(12-14-27)19-9-8-18(24-25-19)23-17-3-1-2-10-22-17/h1-10H,11-14H2,(H,22,23,24). The van der Waals surface area contributed by atoms with E-state index in [-0.39, 0.29) is 11.7 Å². The molecule has 142 valence electrons. The Morgan fingerprint density at radius 2 is 1.68 bits per heavy atom. The average Bonchev–Trinajstić information content (AvgIpc) is 2.75. The molecular weight excluding hydrogens is 359 g/mol. The van der Waals surface area contributed by atoms with Gasteiger partial charge in [-0.1, -0.05) is 6.07 Å². The zero-order valence-corrected chi connectivity index (χ0v) is 15.1. The number of rotatable bonds is 4. The van der Waals surface area contributed by atoms with Crippen LogP contribution in [0.3, 0.4) is 0 Å². The van der Waals surface area contributed by atoms with Crippen LogP contribution in [0.25, 0.3) is 0 Å². The molecule has 0 spiro atoms. The van der Waals surface area contributed by atoms with Crippen LogP contribution in [0.4, 0.5) is 21.8 Å². The molecule has 1 N–H and O–H groups in total. The number of carbonyl (C=O) groups excluding carboxylic acids is 1. The second-order valence-corrected chi connectivity index (χ2v) is 6.40. The number of halogens is 1. The molecule has 0 saturated carbocycles. The Morgan fingerprint density at radius 1 is 0.893 bits per heavy atom. The summed E-state index contributed by atoms with van der Waals surface area (Å²) in [6.07, 6.45) is 1.71. The second kappa shape index (κ2) is 7.99. The van der Waals surface area contributed by atoms with Crippen molar-refractivity contribution in [2.75, 3.05) is 36.4 Å². The molecule has 3 aromatic rings. The zero-order chi connectivity index (χ0) is 19.3. The van der Waals surface area contributed by atoms with Gasteiger partial charge in [0.1, 0.15) is 11.6 Å². The molecule has 3 heterocycles. The Kier molecular flexibility index (Phi) is 5.09. The van der Waals surface area contributed by atoms with E-state index in [2.05, 4.69) is 25.4 Å². The first-order valence-corrected chi connectivity index (χ1v) is 9.00. The molecule has 1 amide bonds. The topological polar surface area (TPSA) is 74.2 Å². The van der Waals surface area contributed by atoms with E-state index in [9.17, 15) is 9.18 Å². The highest BCUT2D eigenvalue weighted by molar-refractivity contribution is 5.94. The van der Waals surface area contributed by atoms with Crippen molar-refractivity contribution in [2.24, 2.45) is 0 Å². The molecule has 0 unspecified atom stereocenters. The number of nitrogens with zero attached hydrogens (tertiary/aromatic N) is 5. The number of pyridine rings is 1. The van der Waals surface area contributed by atoms with Gasteiger partial charge in [0.2, 0.25) is 0 Å². The highest BCUT2D eigenvalue weighted by Gasteiger charge is 2.23. The lowest BCUT2D eigenvalue weighted by molar-refractivity contribution is 0.0746. The van der Waals surface area contributed by atoms with Crippen LogP contribution in [0, 0.1) is 5.82 Å². The summed E-state index contributed by atoms with van der Waals surface area (Å²) < 4.78 is 13.0. The number of carbonyl (C=O) groups is 1. The normalized spacial score (nSPS) is 14.0. The number of amides is 1. The van der Waals surface area contributed by atoms with Gasteiger partial charge in [-0.3, -0.25) is 4.79 Å². The third-order valence-corrected chi connectivity index (χ3v) is 4.55. The van der Waals surface area contributed by atoms with Crippen molar-refractivity contribution in [3.63, 3.8) is 0 Å². The smallest absolute Gasteiger partial charge is 0.253 e. The molecule has 1 aliphatic heterocycles. The van der Waals surface area contributed by atoms with Crippen molar-refractivity contribution >= 4 is 23.4 Å². The SMILES string of the molecule is O=C(c1ccc(F)cc1)N1CCN(c2ccc(Nc3ccccn3)nn2)CC1. The monoisotopic (exact) mass is 378 g/mol. The third kappa shape index (κ3) is 4.06. The molecule has 2 aromatic heterocycles. The number of anilines is 3. The minimum atomic E-state index is -0.346. The first kappa shape index (κ1) is 17.8. The Balaban J connectivity index is 1.34. The van der Waals surface area contributed by atoms with Gasteiger partial charge in [-0.2, -0.15) is 0 Å². The van der Waals surface area contributed by atoms with Crippen LogP contribution in [0.15, 0.2) is 60.8 Å². The van der Waals surface area contributed by atoms with E-state index in [0.29, 0.717) is 43.4 Å². The average molecular weight is 378 g/mol. The predicted octanol–water partition coefficient (Wildman–Crippen LogP) is 2.72. The van der Waals surface area contributed by atoms with Gasteiger partial charge in [0, 0.05) is 37.9 Å². The molecule has 1 saturated heterocycles. The van der Waals surface area contributed by atoms with Gasteiger partial charge in [-0.25, -0.2) is 9.37 Å². The lowest BCUT2D eigenvalue weighted by atomic mass is 10.2. The van der Waals surface area contributed by atoms with Crippen molar-refractivity contribution in [2.45, 2.75) is 0 Å². The number of piperazine rings is 1. The molecule has 0 aliphatic carbocycles. The fraction of sp³-hybridized carbons (Fsp3) is 0.200. The summed E-state index contributed by atoms with van der Waals surface area (Å²) in [5.74, 6) is 1.66. The number of benzene rings is 1. The number of hydrogen-bond acceptors (Lipinski definition) is 6. The Labute approximate surface area is 161 Å². The summed E-state index contributed by atoms with van der Waals surface area (Å²) in [5.41, 5.74) is 0.500.